The fourth-order valence-corrected chi connectivity index (χ4v) is 6.89. The third-order valence-corrected chi connectivity index (χ3v) is 7.99. The third kappa shape index (κ3) is 3.27. The molecule has 0 spiro atoms. The molecule has 0 heterocycles. The molecule has 0 saturated heterocycles. The molecule has 0 aromatic heterocycles. The summed E-state index contributed by atoms with van der Waals surface area (Å²) in [5.41, 5.74) is 0. The summed E-state index contributed by atoms with van der Waals surface area (Å²) >= 11 is 0. The van der Waals surface area contributed by atoms with Crippen molar-refractivity contribution in [1.29, 1.82) is 0 Å². The zero-order valence-electron chi connectivity index (χ0n) is 15.5. The van der Waals surface area contributed by atoms with E-state index in [-0.39, 0.29) is 0 Å². The lowest BCUT2D eigenvalue weighted by Crippen LogP contribution is -2.34. The molecule has 22 heavy (non-hydrogen) atoms. The molecule has 0 heteroatoms. The van der Waals surface area contributed by atoms with Crippen molar-refractivity contribution in [1.82, 2.24) is 0 Å². The monoisotopic (exact) mass is 304 g/mol. The van der Waals surface area contributed by atoms with Crippen molar-refractivity contribution in [3.05, 3.63) is 0 Å². The fourth-order valence-electron chi connectivity index (χ4n) is 6.89. The maximum atomic E-state index is 2.43. The molecule has 0 amide bonds. The smallest absolute Gasteiger partial charge is 0.0349 e. The SMILES string of the molecule is CCCCC1CCC2C3CC(CC)CCC3CC2C1CCC. The summed E-state index contributed by atoms with van der Waals surface area (Å²) in [5, 5.41) is 0. The molecule has 0 radical (unpaired) electrons. The van der Waals surface area contributed by atoms with Gasteiger partial charge in [0.25, 0.3) is 0 Å². The highest BCUT2D eigenvalue weighted by atomic mass is 14.6. The van der Waals surface area contributed by atoms with Gasteiger partial charge in [0.05, 0.1) is 0 Å². The number of hydrogen-bond acceptors (Lipinski definition) is 0. The van der Waals surface area contributed by atoms with Crippen LogP contribution in [0.1, 0.15) is 97.8 Å². The minimum absolute atomic E-state index is 1.07. The first kappa shape index (κ1) is 16.8. The van der Waals surface area contributed by atoms with Crippen LogP contribution in [0.5, 0.6) is 0 Å². The van der Waals surface area contributed by atoms with Gasteiger partial charge in [-0.05, 0) is 73.5 Å². The Morgan fingerprint density at radius 1 is 0.727 bits per heavy atom. The van der Waals surface area contributed by atoms with E-state index >= 15 is 0 Å². The fraction of sp³-hybridized carbons (Fsp3) is 1.00. The van der Waals surface area contributed by atoms with Crippen molar-refractivity contribution in [2.45, 2.75) is 97.8 Å². The Kier molecular flexibility index (Phi) is 5.91. The molecule has 0 aromatic carbocycles. The average Bonchev–Trinajstić information content (AvgIpc) is 2.92. The second-order valence-corrected chi connectivity index (χ2v) is 9.01. The van der Waals surface area contributed by atoms with Gasteiger partial charge >= 0.3 is 0 Å². The number of hydrogen-bond donors (Lipinski definition) is 0. The summed E-state index contributed by atoms with van der Waals surface area (Å²) in [6, 6.07) is 0. The van der Waals surface area contributed by atoms with Crippen molar-refractivity contribution in [2.75, 3.05) is 0 Å². The summed E-state index contributed by atoms with van der Waals surface area (Å²) in [5.74, 6) is 7.78. The highest BCUT2D eigenvalue weighted by Crippen LogP contribution is 2.59. The Labute approximate surface area is 139 Å². The lowest BCUT2D eigenvalue weighted by atomic mass is 9.62. The molecule has 0 nitrogen and oxygen atoms in total. The number of unbranched alkanes of at least 4 members (excludes halogenated alkanes) is 1. The summed E-state index contributed by atoms with van der Waals surface area (Å²) in [6.45, 7) is 7.23. The van der Waals surface area contributed by atoms with E-state index in [0.717, 1.165) is 41.4 Å². The molecule has 3 aliphatic rings. The Morgan fingerprint density at radius 2 is 1.59 bits per heavy atom. The number of rotatable bonds is 6. The van der Waals surface area contributed by atoms with Gasteiger partial charge in [-0.25, -0.2) is 0 Å². The van der Waals surface area contributed by atoms with Gasteiger partial charge in [0.2, 0.25) is 0 Å². The van der Waals surface area contributed by atoms with E-state index in [2.05, 4.69) is 20.8 Å². The van der Waals surface area contributed by atoms with E-state index in [9.17, 15) is 0 Å². The van der Waals surface area contributed by atoms with Crippen molar-refractivity contribution in [3.63, 3.8) is 0 Å². The summed E-state index contributed by atoms with van der Waals surface area (Å²) in [6.07, 6.45) is 18.3. The number of fused-ring (bicyclic) bond motifs is 3. The van der Waals surface area contributed by atoms with Crippen LogP contribution in [0.2, 0.25) is 0 Å². The molecule has 3 aliphatic carbocycles. The molecular formula is C22H40. The van der Waals surface area contributed by atoms with Crippen LogP contribution < -0.4 is 0 Å². The van der Waals surface area contributed by atoms with Crippen LogP contribution in [0, 0.1) is 41.4 Å². The minimum atomic E-state index is 1.07. The predicted octanol–water partition coefficient (Wildman–Crippen LogP) is 7.08. The van der Waals surface area contributed by atoms with Crippen LogP contribution in [0.15, 0.2) is 0 Å². The van der Waals surface area contributed by atoms with Gasteiger partial charge in [-0.3, -0.25) is 0 Å². The van der Waals surface area contributed by atoms with Crippen LogP contribution in [0.3, 0.4) is 0 Å². The lowest BCUT2D eigenvalue weighted by Gasteiger charge is -2.43. The predicted molar refractivity (Wildman–Crippen MR) is 96.9 cm³/mol. The molecule has 0 aromatic rings. The quantitative estimate of drug-likeness (QED) is 0.491. The van der Waals surface area contributed by atoms with Crippen molar-refractivity contribution >= 4 is 0 Å². The van der Waals surface area contributed by atoms with E-state index < -0.39 is 0 Å². The summed E-state index contributed by atoms with van der Waals surface area (Å²) in [4.78, 5) is 0. The van der Waals surface area contributed by atoms with Crippen LogP contribution in [0.4, 0.5) is 0 Å². The maximum Gasteiger partial charge on any atom is -0.0349 e. The van der Waals surface area contributed by atoms with Gasteiger partial charge in [-0.1, -0.05) is 65.7 Å². The average molecular weight is 305 g/mol. The van der Waals surface area contributed by atoms with Gasteiger partial charge in [0.1, 0.15) is 0 Å². The van der Waals surface area contributed by atoms with Crippen molar-refractivity contribution in [2.24, 2.45) is 41.4 Å². The Hall–Kier alpha value is 0. The second-order valence-electron chi connectivity index (χ2n) is 9.01. The van der Waals surface area contributed by atoms with Crippen molar-refractivity contribution in [3.8, 4) is 0 Å². The zero-order chi connectivity index (χ0) is 15.5. The largest absolute Gasteiger partial charge is 0.0654 e. The van der Waals surface area contributed by atoms with E-state index in [1.54, 1.807) is 38.5 Å². The molecule has 7 atom stereocenters. The molecule has 3 rings (SSSR count). The molecule has 3 fully saturated rings. The Morgan fingerprint density at radius 3 is 2.32 bits per heavy atom. The van der Waals surface area contributed by atoms with Crippen LogP contribution in [-0.4, -0.2) is 0 Å². The van der Waals surface area contributed by atoms with Gasteiger partial charge in [-0.2, -0.15) is 0 Å². The molecule has 0 bridgehead atoms. The van der Waals surface area contributed by atoms with Gasteiger partial charge in [0, 0.05) is 0 Å². The van der Waals surface area contributed by atoms with Crippen molar-refractivity contribution < 1.29 is 0 Å². The standard InChI is InChI=1S/C22H40/c1-4-7-9-17-12-13-20-21-14-16(6-3)10-11-18(21)15-22(20)19(17)8-5-2/h16-22H,4-15H2,1-3H3. The lowest BCUT2D eigenvalue weighted by molar-refractivity contribution is 0.0673. The highest BCUT2D eigenvalue weighted by molar-refractivity contribution is 5.00. The highest BCUT2D eigenvalue weighted by Gasteiger charge is 2.50. The zero-order valence-corrected chi connectivity index (χ0v) is 15.5. The maximum absolute atomic E-state index is 2.43. The first-order chi connectivity index (χ1) is 10.8. The molecule has 0 aliphatic heterocycles. The molecule has 3 saturated carbocycles. The van der Waals surface area contributed by atoms with Gasteiger partial charge in [0.15, 0.2) is 0 Å². The molecule has 128 valence electrons. The summed E-state index contributed by atoms with van der Waals surface area (Å²) in [7, 11) is 0. The normalized spacial score (nSPS) is 44.6. The second kappa shape index (κ2) is 7.71. The molecule has 7 unspecified atom stereocenters. The molecule has 0 N–H and O–H groups in total. The topological polar surface area (TPSA) is 0 Å². The van der Waals surface area contributed by atoms with Crippen LogP contribution >= 0.6 is 0 Å². The van der Waals surface area contributed by atoms with E-state index in [1.807, 2.05) is 0 Å². The Bertz CT molecular complexity index is 333. The van der Waals surface area contributed by atoms with E-state index in [4.69, 9.17) is 0 Å². The minimum Gasteiger partial charge on any atom is -0.0654 e. The first-order valence-corrected chi connectivity index (χ1v) is 10.8. The van der Waals surface area contributed by atoms with E-state index in [0.29, 0.717) is 0 Å². The van der Waals surface area contributed by atoms with E-state index in [1.165, 1.54) is 38.5 Å². The van der Waals surface area contributed by atoms with Gasteiger partial charge < -0.3 is 0 Å². The third-order valence-electron chi connectivity index (χ3n) is 7.99. The van der Waals surface area contributed by atoms with Gasteiger partial charge in [-0.15, -0.1) is 0 Å². The summed E-state index contributed by atoms with van der Waals surface area (Å²) < 4.78 is 0. The van der Waals surface area contributed by atoms with Crippen LogP contribution in [-0.2, 0) is 0 Å². The molecular weight excluding hydrogens is 264 g/mol. The van der Waals surface area contributed by atoms with Crippen LogP contribution in [0.25, 0.3) is 0 Å². The first-order valence-electron chi connectivity index (χ1n) is 10.8. The Balaban J connectivity index is 1.69.